The fourth-order valence-corrected chi connectivity index (χ4v) is 6.63. The zero-order chi connectivity index (χ0) is 35.3. The third-order valence-electron chi connectivity index (χ3n) is 7.58. The van der Waals surface area contributed by atoms with Gasteiger partial charge >= 0.3 is 12.1 Å². The minimum Gasteiger partial charge on any atom is -0.477 e. The summed E-state index contributed by atoms with van der Waals surface area (Å²) >= 11 is 6.11. The Kier molecular flexibility index (Phi) is 11.2. The van der Waals surface area contributed by atoms with E-state index in [1.807, 2.05) is 60.7 Å². The second-order valence-electron chi connectivity index (χ2n) is 11.0. The summed E-state index contributed by atoms with van der Waals surface area (Å²) in [5, 5.41) is 12.4. The van der Waals surface area contributed by atoms with Gasteiger partial charge in [-0.15, -0.1) is 0 Å². The number of hydrogen-bond acceptors (Lipinski definition) is 9. The zero-order valence-electron chi connectivity index (χ0n) is 25.3. The Morgan fingerprint density at radius 3 is 1.98 bits per heavy atom. The molecule has 48 heavy (non-hydrogen) atoms. The Labute approximate surface area is 278 Å². The number of carboxylic acid groups (broad SMARTS) is 1. The number of oxime groups is 1. The highest BCUT2D eigenvalue weighted by Crippen LogP contribution is 2.41. The number of rotatable bonds is 9. The number of halogens is 4. The van der Waals surface area contributed by atoms with Crippen molar-refractivity contribution in [3.63, 3.8) is 0 Å². The summed E-state index contributed by atoms with van der Waals surface area (Å²) in [5.41, 5.74) is 0.328. The highest BCUT2D eigenvalue weighted by Gasteiger charge is 2.44. The van der Waals surface area contributed by atoms with Crippen LogP contribution < -0.4 is 0 Å². The molecule has 0 amide bonds. The Morgan fingerprint density at radius 1 is 0.979 bits per heavy atom. The van der Waals surface area contributed by atoms with Crippen molar-refractivity contribution < 1.29 is 55.4 Å². The first kappa shape index (κ1) is 36.4. The van der Waals surface area contributed by atoms with Gasteiger partial charge in [0.2, 0.25) is 0 Å². The second kappa shape index (κ2) is 14.8. The van der Waals surface area contributed by atoms with Crippen LogP contribution in [0.2, 0.25) is 5.02 Å². The maximum atomic E-state index is 12.7. The van der Waals surface area contributed by atoms with Crippen LogP contribution in [0.4, 0.5) is 13.2 Å². The minimum atomic E-state index is -4.65. The molecule has 0 radical (unpaired) electrons. The Balaban J connectivity index is 0.000000228. The largest absolute Gasteiger partial charge is 0.477 e. The van der Waals surface area contributed by atoms with Gasteiger partial charge in [0, 0.05) is 41.4 Å². The van der Waals surface area contributed by atoms with E-state index in [1.165, 1.54) is 0 Å². The van der Waals surface area contributed by atoms with Crippen molar-refractivity contribution in [2.45, 2.75) is 49.0 Å². The Morgan fingerprint density at radius 2 is 1.52 bits per heavy atom. The van der Waals surface area contributed by atoms with Crippen molar-refractivity contribution in [3.05, 3.63) is 100 Å². The van der Waals surface area contributed by atoms with Crippen molar-refractivity contribution in [1.29, 1.82) is 0 Å². The molecule has 0 bridgehead atoms. The Bertz CT molecular complexity index is 1790. The SMILES string of the molecule is CS(=O)(=O)c1ccc(C(=O)C2C(=O)CCCC2=O)c(Cl)c1COCC(F)(F)F.O=C(O)C1=NOC(c2ccccc2)(c2ccccc2)C1. The Hall–Kier alpha value is -4.40. The van der Waals surface area contributed by atoms with Gasteiger partial charge in [-0.1, -0.05) is 77.4 Å². The van der Waals surface area contributed by atoms with Gasteiger partial charge in [0.1, 0.15) is 12.5 Å². The number of carbonyl (C=O) groups excluding carboxylic acids is 3. The molecule has 0 unspecified atom stereocenters. The lowest BCUT2D eigenvalue weighted by molar-refractivity contribution is -0.176. The quantitative estimate of drug-likeness (QED) is 0.217. The summed E-state index contributed by atoms with van der Waals surface area (Å²) in [6, 6.07) is 21.2. The van der Waals surface area contributed by atoms with Gasteiger partial charge in [-0.3, -0.25) is 14.4 Å². The highest BCUT2D eigenvalue weighted by molar-refractivity contribution is 7.90. The molecule has 1 heterocycles. The van der Waals surface area contributed by atoms with Crippen molar-refractivity contribution in [2.24, 2.45) is 11.1 Å². The number of hydrogen-bond donors (Lipinski definition) is 1. The summed E-state index contributed by atoms with van der Waals surface area (Å²) in [7, 11) is -3.90. The molecule has 10 nitrogen and oxygen atoms in total. The van der Waals surface area contributed by atoms with Crippen LogP contribution >= 0.6 is 11.6 Å². The summed E-state index contributed by atoms with van der Waals surface area (Å²) in [5.74, 6) is -4.63. The fourth-order valence-electron chi connectivity index (χ4n) is 5.34. The number of nitrogens with zero attached hydrogens (tertiary/aromatic N) is 1. The van der Waals surface area contributed by atoms with E-state index in [0.717, 1.165) is 29.5 Å². The van der Waals surface area contributed by atoms with Crippen LogP contribution in [0.3, 0.4) is 0 Å². The fraction of sp³-hybridized carbons (Fsp3) is 0.303. The number of alkyl halides is 3. The van der Waals surface area contributed by atoms with Crippen LogP contribution in [0, 0.1) is 5.92 Å². The monoisotopic (exact) mass is 707 g/mol. The molecule has 1 aliphatic heterocycles. The molecule has 1 N–H and O–H groups in total. The average molecular weight is 708 g/mol. The minimum absolute atomic E-state index is 0.0395. The lowest BCUT2D eigenvalue weighted by Gasteiger charge is -2.27. The van der Waals surface area contributed by atoms with Crippen LogP contribution in [0.15, 0.2) is 82.8 Å². The number of carboxylic acids is 1. The second-order valence-corrected chi connectivity index (χ2v) is 13.4. The van der Waals surface area contributed by atoms with Gasteiger partial charge in [0.05, 0.1) is 22.9 Å². The van der Waals surface area contributed by atoms with Crippen LogP contribution in [-0.4, -0.2) is 61.6 Å². The molecule has 3 aromatic rings. The molecule has 1 fully saturated rings. The molecule has 1 saturated carbocycles. The molecule has 0 aromatic heterocycles. The number of carbonyl (C=O) groups is 4. The van der Waals surface area contributed by atoms with E-state index < -0.39 is 74.0 Å². The van der Waals surface area contributed by atoms with Crippen molar-refractivity contribution in [3.8, 4) is 0 Å². The number of benzene rings is 3. The van der Waals surface area contributed by atoms with Gasteiger partial charge in [-0.2, -0.15) is 13.2 Å². The molecular formula is C33H29ClF3NO9S. The van der Waals surface area contributed by atoms with Gasteiger partial charge in [0.15, 0.2) is 38.5 Å². The zero-order valence-corrected chi connectivity index (χ0v) is 26.9. The normalized spacial score (nSPS) is 16.4. The molecule has 2 aliphatic rings. The highest BCUT2D eigenvalue weighted by atomic mass is 35.5. The predicted molar refractivity (Wildman–Crippen MR) is 166 cm³/mol. The van der Waals surface area contributed by atoms with E-state index in [2.05, 4.69) is 9.89 Å². The van der Waals surface area contributed by atoms with Crippen molar-refractivity contribution in [1.82, 2.24) is 0 Å². The van der Waals surface area contributed by atoms with Crippen LogP contribution in [0.5, 0.6) is 0 Å². The first-order chi connectivity index (χ1) is 22.5. The van der Waals surface area contributed by atoms with Gasteiger partial charge < -0.3 is 14.7 Å². The molecule has 5 rings (SSSR count). The molecule has 0 atom stereocenters. The maximum Gasteiger partial charge on any atom is 0.411 e. The maximum absolute atomic E-state index is 12.7. The number of ether oxygens (including phenoxy) is 1. The number of Topliss-reactive ketones (excluding diaryl/α,β-unsaturated/α-hetero) is 3. The number of sulfone groups is 1. The lowest BCUT2D eigenvalue weighted by Crippen LogP contribution is -2.35. The molecule has 254 valence electrons. The van der Waals surface area contributed by atoms with E-state index in [1.54, 1.807) is 0 Å². The average Bonchev–Trinajstić information content (AvgIpc) is 3.49. The lowest BCUT2D eigenvalue weighted by atomic mass is 9.81. The number of ketones is 3. The summed E-state index contributed by atoms with van der Waals surface area (Å²) in [6.45, 7) is -2.47. The molecular weight excluding hydrogens is 679 g/mol. The first-order valence-corrected chi connectivity index (χ1v) is 16.7. The topological polar surface area (TPSA) is 153 Å². The summed E-state index contributed by atoms with van der Waals surface area (Å²) in [6.07, 6.45) is -3.19. The van der Waals surface area contributed by atoms with Crippen molar-refractivity contribution in [2.75, 3.05) is 12.9 Å². The van der Waals surface area contributed by atoms with E-state index in [0.29, 0.717) is 6.42 Å². The van der Waals surface area contributed by atoms with Crippen LogP contribution in [0.25, 0.3) is 0 Å². The molecule has 0 spiro atoms. The standard InChI is InChI=1S/C17H16ClF3O6S.C16H13NO3/c1-28(25,26)13-6-5-9(15(18)10(13)7-27-8-17(19,20)21)16(24)14-11(22)3-2-4-12(14)23;18-15(19)14-11-16(20-17-14,12-7-3-1-4-8-12)13-9-5-2-6-10-13/h5-6,14H,2-4,7-8H2,1H3;1-10H,11H2,(H,18,19). The first-order valence-electron chi connectivity index (χ1n) is 14.4. The smallest absolute Gasteiger partial charge is 0.411 e. The predicted octanol–water partition coefficient (Wildman–Crippen LogP) is 5.73. The third kappa shape index (κ3) is 8.35. The molecule has 0 saturated heterocycles. The van der Waals surface area contributed by atoms with Crippen LogP contribution in [-0.2, 0) is 46.0 Å². The number of aliphatic carboxylic acids is 1. The van der Waals surface area contributed by atoms with Gasteiger partial charge in [0.25, 0.3) is 0 Å². The van der Waals surface area contributed by atoms with E-state index in [4.69, 9.17) is 21.5 Å². The summed E-state index contributed by atoms with van der Waals surface area (Å²) < 4.78 is 65.3. The van der Waals surface area contributed by atoms with Crippen LogP contribution in [0.1, 0.15) is 52.7 Å². The van der Waals surface area contributed by atoms with Gasteiger partial charge in [-0.25, -0.2) is 13.2 Å². The molecule has 3 aromatic carbocycles. The third-order valence-corrected chi connectivity index (χ3v) is 9.20. The van der Waals surface area contributed by atoms with E-state index in [-0.39, 0.29) is 36.1 Å². The van der Waals surface area contributed by atoms with E-state index >= 15 is 0 Å². The van der Waals surface area contributed by atoms with Gasteiger partial charge in [-0.05, 0) is 18.6 Å². The molecule has 1 aliphatic carbocycles. The summed E-state index contributed by atoms with van der Waals surface area (Å²) in [4.78, 5) is 53.0. The van der Waals surface area contributed by atoms with E-state index in [9.17, 15) is 40.8 Å². The molecule has 15 heteroatoms. The van der Waals surface area contributed by atoms with Crippen molar-refractivity contribution >= 4 is 50.5 Å².